The molecule has 0 fully saturated rings. The van der Waals surface area contributed by atoms with Gasteiger partial charge in [-0.25, -0.2) is 4.79 Å². The number of aryl methyl sites for hydroxylation is 5. The Hall–Kier alpha value is -2.75. The lowest BCUT2D eigenvalue weighted by Gasteiger charge is -2.38. The molecule has 1 aliphatic rings. The van der Waals surface area contributed by atoms with Crippen LogP contribution in [0.15, 0.2) is 36.7 Å². The van der Waals surface area contributed by atoms with Crippen molar-refractivity contribution in [3.8, 4) is 0 Å². The van der Waals surface area contributed by atoms with E-state index in [9.17, 15) is 4.79 Å². The van der Waals surface area contributed by atoms with E-state index in [-0.39, 0.29) is 12.1 Å². The SMILES string of the molecule is COC(=O)c1cc(C)c(N2C=CN(c3c(C)cc(C)cc3C)C2C(C)C)c(C)c1. The molecule has 2 aromatic rings. The van der Waals surface area contributed by atoms with Crippen molar-refractivity contribution in [2.75, 3.05) is 16.9 Å². The van der Waals surface area contributed by atoms with E-state index in [4.69, 9.17) is 4.74 Å². The molecule has 1 aliphatic heterocycles. The minimum Gasteiger partial charge on any atom is -0.465 e. The first-order valence-corrected chi connectivity index (χ1v) is 10.2. The third-order valence-electron chi connectivity index (χ3n) is 5.62. The van der Waals surface area contributed by atoms with Crippen LogP contribution in [0.1, 0.15) is 52.0 Å². The predicted molar refractivity (Wildman–Crippen MR) is 121 cm³/mol. The van der Waals surface area contributed by atoms with Gasteiger partial charge in [0.05, 0.1) is 12.7 Å². The minimum atomic E-state index is -0.298. The molecule has 0 aliphatic carbocycles. The van der Waals surface area contributed by atoms with Crippen molar-refractivity contribution in [1.82, 2.24) is 0 Å². The fraction of sp³-hybridized carbons (Fsp3) is 0.400. The molecular weight excluding hydrogens is 360 g/mol. The Balaban J connectivity index is 2.07. The van der Waals surface area contributed by atoms with Gasteiger partial charge >= 0.3 is 5.97 Å². The van der Waals surface area contributed by atoms with E-state index in [1.54, 1.807) is 0 Å². The molecule has 0 spiro atoms. The molecule has 1 unspecified atom stereocenters. The molecule has 0 aromatic heterocycles. The number of rotatable bonds is 4. The number of hydrogen-bond donors (Lipinski definition) is 0. The molecule has 0 N–H and O–H groups in total. The Morgan fingerprint density at radius 2 is 1.24 bits per heavy atom. The first-order valence-electron chi connectivity index (χ1n) is 10.2. The number of carbonyl (C=O) groups is 1. The van der Waals surface area contributed by atoms with Gasteiger partial charge in [0.15, 0.2) is 0 Å². The summed E-state index contributed by atoms with van der Waals surface area (Å²) in [6, 6.07) is 8.34. The lowest BCUT2D eigenvalue weighted by atomic mass is 9.99. The molecule has 29 heavy (non-hydrogen) atoms. The Kier molecular flexibility index (Phi) is 5.74. The second-order valence-corrected chi connectivity index (χ2v) is 8.47. The standard InChI is InChI=1S/C25H32N2O2/c1-15(2)24-26(22-17(4)11-16(3)12-18(22)5)9-10-27(24)23-19(6)13-21(14-20(23)7)25(28)29-8/h9-15,24H,1-8H3. The van der Waals surface area contributed by atoms with Crippen LogP contribution in [0, 0.1) is 40.5 Å². The zero-order valence-corrected chi connectivity index (χ0v) is 18.8. The van der Waals surface area contributed by atoms with Crippen molar-refractivity contribution in [2.45, 2.75) is 54.6 Å². The van der Waals surface area contributed by atoms with E-state index in [2.05, 4.69) is 82.8 Å². The van der Waals surface area contributed by atoms with E-state index in [1.165, 1.54) is 29.5 Å². The van der Waals surface area contributed by atoms with Crippen LogP contribution in [-0.2, 0) is 4.74 Å². The number of hydrogen-bond acceptors (Lipinski definition) is 4. The molecule has 0 amide bonds. The molecule has 1 heterocycles. The fourth-order valence-electron chi connectivity index (χ4n) is 4.69. The van der Waals surface area contributed by atoms with E-state index in [1.807, 2.05) is 12.1 Å². The zero-order chi connectivity index (χ0) is 21.5. The Morgan fingerprint density at radius 3 is 1.62 bits per heavy atom. The highest BCUT2D eigenvalue weighted by Crippen LogP contribution is 2.39. The Bertz CT molecular complexity index is 929. The summed E-state index contributed by atoms with van der Waals surface area (Å²) in [6.45, 7) is 15.1. The molecule has 0 saturated carbocycles. The van der Waals surface area contributed by atoms with Crippen LogP contribution in [-0.4, -0.2) is 19.2 Å². The summed E-state index contributed by atoms with van der Waals surface area (Å²) < 4.78 is 4.91. The third-order valence-corrected chi connectivity index (χ3v) is 5.62. The van der Waals surface area contributed by atoms with Crippen molar-refractivity contribution in [2.24, 2.45) is 5.92 Å². The summed E-state index contributed by atoms with van der Waals surface area (Å²) in [4.78, 5) is 16.7. The lowest BCUT2D eigenvalue weighted by Crippen LogP contribution is -2.44. The number of ether oxygens (including phenoxy) is 1. The van der Waals surface area contributed by atoms with Crippen LogP contribution in [0.5, 0.6) is 0 Å². The highest BCUT2D eigenvalue weighted by atomic mass is 16.5. The Labute approximate surface area is 174 Å². The van der Waals surface area contributed by atoms with E-state index in [0.29, 0.717) is 11.5 Å². The van der Waals surface area contributed by atoms with Crippen LogP contribution >= 0.6 is 0 Å². The topological polar surface area (TPSA) is 32.8 Å². The largest absolute Gasteiger partial charge is 0.465 e. The normalized spacial score (nSPS) is 16.1. The van der Waals surface area contributed by atoms with Crippen LogP contribution in [0.4, 0.5) is 11.4 Å². The monoisotopic (exact) mass is 392 g/mol. The maximum absolute atomic E-state index is 12.0. The second kappa shape index (κ2) is 7.94. The quantitative estimate of drug-likeness (QED) is 0.616. The van der Waals surface area contributed by atoms with Gasteiger partial charge in [0.2, 0.25) is 0 Å². The summed E-state index contributed by atoms with van der Waals surface area (Å²) in [5.41, 5.74) is 9.02. The summed E-state index contributed by atoms with van der Waals surface area (Å²) >= 11 is 0. The first-order chi connectivity index (χ1) is 13.6. The van der Waals surface area contributed by atoms with Gasteiger partial charge < -0.3 is 14.5 Å². The summed E-state index contributed by atoms with van der Waals surface area (Å²) in [6.07, 6.45) is 4.51. The van der Waals surface area contributed by atoms with Crippen LogP contribution < -0.4 is 9.80 Å². The highest BCUT2D eigenvalue weighted by molar-refractivity contribution is 5.91. The number of nitrogens with zero attached hydrogens (tertiary/aromatic N) is 2. The highest BCUT2D eigenvalue weighted by Gasteiger charge is 2.34. The summed E-state index contributed by atoms with van der Waals surface area (Å²) in [5.74, 6) is 0.0943. The Morgan fingerprint density at radius 1 is 0.828 bits per heavy atom. The molecule has 0 saturated heterocycles. The maximum Gasteiger partial charge on any atom is 0.337 e. The number of methoxy groups -OCH3 is 1. The van der Waals surface area contributed by atoms with Crippen LogP contribution in [0.25, 0.3) is 0 Å². The van der Waals surface area contributed by atoms with E-state index in [0.717, 1.165) is 16.8 Å². The van der Waals surface area contributed by atoms with Gasteiger partial charge in [-0.15, -0.1) is 0 Å². The van der Waals surface area contributed by atoms with Crippen LogP contribution in [0.3, 0.4) is 0 Å². The minimum absolute atomic E-state index is 0.163. The predicted octanol–water partition coefficient (Wildman–Crippen LogP) is 5.80. The average molecular weight is 393 g/mol. The van der Waals surface area contributed by atoms with E-state index < -0.39 is 0 Å². The number of esters is 1. The zero-order valence-electron chi connectivity index (χ0n) is 18.8. The molecule has 2 aromatic carbocycles. The fourth-order valence-corrected chi connectivity index (χ4v) is 4.69. The lowest BCUT2D eigenvalue weighted by molar-refractivity contribution is 0.0600. The van der Waals surface area contributed by atoms with Crippen molar-refractivity contribution in [3.05, 3.63) is 70.0 Å². The van der Waals surface area contributed by atoms with Crippen molar-refractivity contribution in [1.29, 1.82) is 0 Å². The van der Waals surface area contributed by atoms with Gasteiger partial charge in [0, 0.05) is 23.8 Å². The smallest absolute Gasteiger partial charge is 0.337 e. The van der Waals surface area contributed by atoms with Gasteiger partial charge in [0.25, 0.3) is 0 Å². The number of anilines is 2. The third kappa shape index (κ3) is 3.76. The number of benzene rings is 2. The second-order valence-electron chi connectivity index (χ2n) is 8.47. The van der Waals surface area contributed by atoms with Gasteiger partial charge in [-0.3, -0.25) is 0 Å². The molecule has 1 atom stereocenters. The van der Waals surface area contributed by atoms with Crippen molar-refractivity contribution in [3.63, 3.8) is 0 Å². The summed E-state index contributed by atoms with van der Waals surface area (Å²) in [5, 5.41) is 0. The van der Waals surface area contributed by atoms with Crippen LogP contribution in [0.2, 0.25) is 0 Å². The summed E-state index contributed by atoms with van der Waals surface area (Å²) in [7, 11) is 1.42. The van der Waals surface area contributed by atoms with E-state index >= 15 is 0 Å². The first kappa shape index (κ1) is 21.0. The molecular formula is C25H32N2O2. The van der Waals surface area contributed by atoms with Crippen molar-refractivity contribution < 1.29 is 9.53 Å². The molecule has 154 valence electrons. The molecule has 0 bridgehead atoms. The number of carbonyl (C=O) groups excluding carboxylic acids is 1. The maximum atomic E-state index is 12.0. The molecule has 3 rings (SSSR count). The van der Waals surface area contributed by atoms with Gasteiger partial charge in [-0.05, 0) is 74.9 Å². The van der Waals surface area contributed by atoms with Gasteiger partial charge in [0.1, 0.15) is 6.17 Å². The molecule has 4 heteroatoms. The molecule has 4 nitrogen and oxygen atoms in total. The van der Waals surface area contributed by atoms with Gasteiger partial charge in [-0.1, -0.05) is 31.5 Å². The average Bonchev–Trinajstić information content (AvgIpc) is 3.03. The van der Waals surface area contributed by atoms with Crippen molar-refractivity contribution >= 4 is 17.3 Å². The molecule has 0 radical (unpaired) electrons. The van der Waals surface area contributed by atoms with Gasteiger partial charge in [-0.2, -0.15) is 0 Å².